The number of amides is 1. The minimum absolute atomic E-state index is 0.0359. The third-order valence-corrected chi connectivity index (χ3v) is 4.31. The van der Waals surface area contributed by atoms with Crippen LogP contribution in [0.1, 0.15) is 44.2 Å². The van der Waals surface area contributed by atoms with Gasteiger partial charge in [-0.3, -0.25) is 9.59 Å². The lowest BCUT2D eigenvalue weighted by molar-refractivity contribution is -0.137. The van der Waals surface area contributed by atoms with Gasteiger partial charge in [-0.05, 0) is 44.4 Å². The highest BCUT2D eigenvalue weighted by Crippen LogP contribution is 2.29. The van der Waals surface area contributed by atoms with Crippen LogP contribution in [-0.2, 0) is 16.0 Å². The molecular formula is C20H25NO6. The number of hydrogen-bond donors (Lipinski definition) is 2. The van der Waals surface area contributed by atoms with E-state index >= 15 is 0 Å². The Morgan fingerprint density at radius 1 is 1.33 bits per heavy atom. The quantitative estimate of drug-likeness (QED) is 0.653. The summed E-state index contributed by atoms with van der Waals surface area (Å²) < 4.78 is 11.1. The topological polar surface area (TPSA) is 106 Å². The summed E-state index contributed by atoms with van der Waals surface area (Å²) in [4.78, 5) is 34.5. The standard InChI is InChI=1S/C20H25NO6/c1-4-5-6-14-11-18(24)27-19-12(2)16(8-7-15(14)19)26-13(3)20(25)21-10-9-17(22)23/h7-8,11,13H,4-6,9-10H2,1-3H3,(H,21,25)(H,22,23)/t13-/m1/s1. The molecule has 7 nitrogen and oxygen atoms in total. The predicted octanol–water partition coefficient (Wildman–Crippen LogP) is 2.80. The minimum atomic E-state index is -0.983. The molecule has 2 aromatic rings. The number of carboxylic acid groups (broad SMARTS) is 1. The zero-order valence-electron chi connectivity index (χ0n) is 15.8. The molecule has 1 amide bonds. The van der Waals surface area contributed by atoms with Crippen molar-refractivity contribution in [1.29, 1.82) is 0 Å². The van der Waals surface area contributed by atoms with Crippen LogP contribution in [0.3, 0.4) is 0 Å². The first-order chi connectivity index (χ1) is 12.8. The van der Waals surface area contributed by atoms with E-state index in [1.165, 1.54) is 6.07 Å². The summed E-state index contributed by atoms with van der Waals surface area (Å²) in [6, 6.07) is 5.12. The molecule has 0 bridgehead atoms. The minimum Gasteiger partial charge on any atom is -0.481 e. The Morgan fingerprint density at radius 3 is 2.74 bits per heavy atom. The molecule has 27 heavy (non-hydrogen) atoms. The molecular weight excluding hydrogens is 350 g/mol. The van der Waals surface area contributed by atoms with Crippen molar-refractivity contribution in [3.05, 3.63) is 39.7 Å². The molecule has 0 aliphatic carbocycles. The summed E-state index contributed by atoms with van der Waals surface area (Å²) >= 11 is 0. The number of fused-ring (bicyclic) bond motifs is 1. The van der Waals surface area contributed by atoms with Crippen LogP contribution in [-0.4, -0.2) is 29.6 Å². The lowest BCUT2D eigenvalue weighted by Gasteiger charge is -2.17. The van der Waals surface area contributed by atoms with Crippen molar-refractivity contribution in [3.63, 3.8) is 0 Å². The molecule has 0 aliphatic rings. The summed E-state index contributed by atoms with van der Waals surface area (Å²) in [5.74, 6) is -0.948. The number of aliphatic carboxylic acids is 1. The second-order valence-corrected chi connectivity index (χ2v) is 6.45. The second kappa shape index (κ2) is 9.21. The van der Waals surface area contributed by atoms with E-state index in [4.69, 9.17) is 14.3 Å². The molecule has 146 valence electrons. The van der Waals surface area contributed by atoms with Crippen molar-refractivity contribution >= 4 is 22.8 Å². The first kappa shape index (κ1) is 20.5. The van der Waals surface area contributed by atoms with Gasteiger partial charge in [0.25, 0.3) is 5.91 Å². The van der Waals surface area contributed by atoms with Gasteiger partial charge in [0.1, 0.15) is 11.3 Å². The molecule has 1 aromatic carbocycles. The Bertz CT molecular complexity index is 886. The van der Waals surface area contributed by atoms with Crippen molar-refractivity contribution < 1.29 is 23.8 Å². The fourth-order valence-electron chi connectivity index (χ4n) is 2.79. The Labute approximate surface area is 157 Å². The van der Waals surface area contributed by atoms with Crippen LogP contribution in [0.4, 0.5) is 0 Å². The number of nitrogens with one attached hydrogen (secondary N) is 1. The molecule has 2 N–H and O–H groups in total. The molecule has 0 spiro atoms. The molecule has 0 radical (unpaired) electrons. The van der Waals surface area contributed by atoms with Gasteiger partial charge in [-0.2, -0.15) is 0 Å². The predicted molar refractivity (Wildman–Crippen MR) is 101 cm³/mol. The normalized spacial score (nSPS) is 12.0. The highest BCUT2D eigenvalue weighted by atomic mass is 16.5. The first-order valence-electron chi connectivity index (χ1n) is 9.06. The van der Waals surface area contributed by atoms with Gasteiger partial charge in [0.15, 0.2) is 6.10 Å². The van der Waals surface area contributed by atoms with Gasteiger partial charge in [0.05, 0.1) is 6.42 Å². The maximum absolute atomic E-state index is 12.0. The van der Waals surface area contributed by atoms with Gasteiger partial charge in [0.2, 0.25) is 0 Å². The van der Waals surface area contributed by atoms with Gasteiger partial charge < -0.3 is 19.6 Å². The second-order valence-electron chi connectivity index (χ2n) is 6.45. The maximum atomic E-state index is 12.0. The van der Waals surface area contributed by atoms with Crippen LogP contribution in [0.25, 0.3) is 11.0 Å². The van der Waals surface area contributed by atoms with Crippen molar-refractivity contribution in [3.8, 4) is 5.75 Å². The highest BCUT2D eigenvalue weighted by Gasteiger charge is 2.18. The number of unbranched alkanes of at least 4 members (excludes halogenated alkanes) is 1. The molecule has 1 heterocycles. The average Bonchev–Trinajstić information content (AvgIpc) is 2.61. The van der Waals surface area contributed by atoms with Gasteiger partial charge in [0, 0.05) is 23.6 Å². The zero-order valence-corrected chi connectivity index (χ0v) is 15.8. The molecule has 0 unspecified atom stereocenters. The molecule has 0 saturated heterocycles. The Morgan fingerprint density at radius 2 is 2.07 bits per heavy atom. The number of carboxylic acids is 1. The molecule has 1 atom stereocenters. The largest absolute Gasteiger partial charge is 0.481 e. The van der Waals surface area contributed by atoms with E-state index in [1.54, 1.807) is 19.9 Å². The van der Waals surface area contributed by atoms with Crippen molar-refractivity contribution in [2.24, 2.45) is 0 Å². The summed E-state index contributed by atoms with van der Waals surface area (Å²) in [5, 5.41) is 12.0. The number of benzene rings is 1. The Kier molecular flexibility index (Phi) is 6.98. The number of aryl methyl sites for hydroxylation is 2. The summed E-state index contributed by atoms with van der Waals surface area (Å²) in [7, 11) is 0. The molecule has 7 heteroatoms. The highest BCUT2D eigenvalue weighted by molar-refractivity contribution is 5.85. The summed E-state index contributed by atoms with van der Waals surface area (Å²) in [6.07, 6.45) is 1.82. The smallest absolute Gasteiger partial charge is 0.336 e. The molecule has 0 fully saturated rings. The van der Waals surface area contributed by atoms with Crippen molar-refractivity contribution in [2.45, 2.75) is 52.6 Å². The van der Waals surface area contributed by atoms with Crippen LogP contribution in [0.5, 0.6) is 5.75 Å². The van der Waals surface area contributed by atoms with Crippen LogP contribution in [0.15, 0.2) is 27.4 Å². The van der Waals surface area contributed by atoms with Gasteiger partial charge >= 0.3 is 11.6 Å². The number of ether oxygens (including phenoxy) is 1. The van der Waals surface area contributed by atoms with Gasteiger partial charge in [-0.15, -0.1) is 0 Å². The van der Waals surface area contributed by atoms with Crippen LogP contribution in [0, 0.1) is 6.92 Å². The lowest BCUT2D eigenvalue weighted by Crippen LogP contribution is -2.37. The summed E-state index contributed by atoms with van der Waals surface area (Å²) in [6.45, 7) is 5.48. The maximum Gasteiger partial charge on any atom is 0.336 e. The van der Waals surface area contributed by atoms with E-state index in [2.05, 4.69) is 12.2 Å². The van der Waals surface area contributed by atoms with Crippen LogP contribution in [0.2, 0.25) is 0 Å². The molecule has 1 aromatic heterocycles. The third-order valence-electron chi connectivity index (χ3n) is 4.31. The Hall–Kier alpha value is -2.83. The number of carbonyl (C=O) groups is 2. The van der Waals surface area contributed by atoms with E-state index in [0.717, 1.165) is 30.2 Å². The fourth-order valence-corrected chi connectivity index (χ4v) is 2.79. The van der Waals surface area contributed by atoms with Crippen molar-refractivity contribution in [1.82, 2.24) is 5.32 Å². The Balaban J connectivity index is 2.22. The van der Waals surface area contributed by atoms with E-state index in [0.29, 0.717) is 16.9 Å². The fraction of sp³-hybridized carbons (Fsp3) is 0.450. The van der Waals surface area contributed by atoms with Crippen molar-refractivity contribution in [2.75, 3.05) is 6.54 Å². The monoisotopic (exact) mass is 375 g/mol. The van der Waals surface area contributed by atoms with E-state index in [1.807, 2.05) is 6.07 Å². The number of rotatable bonds is 9. The van der Waals surface area contributed by atoms with E-state index < -0.39 is 23.6 Å². The lowest BCUT2D eigenvalue weighted by atomic mass is 10.0. The van der Waals surface area contributed by atoms with Gasteiger partial charge in [-0.25, -0.2) is 4.79 Å². The van der Waals surface area contributed by atoms with Gasteiger partial charge in [-0.1, -0.05) is 13.3 Å². The first-order valence-corrected chi connectivity index (χ1v) is 9.06. The number of carbonyl (C=O) groups excluding carboxylic acids is 1. The molecule has 0 aliphatic heterocycles. The molecule has 0 saturated carbocycles. The number of hydrogen-bond acceptors (Lipinski definition) is 5. The van der Waals surface area contributed by atoms with Crippen LogP contribution < -0.4 is 15.7 Å². The van der Waals surface area contributed by atoms with Crippen LogP contribution >= 0.6 is 0 Å². The third kappa shape index (κ3) is 5.32. The average molecular weight is 375 g/mol. The van der Waals surface area contributed by atoms with E-state index in [-0.39, 0.29) is 13.0 Å². The molecule has 2 rings (SSSR count). The summed E-state index contributed by atoms with van der Waals surface area (Å²) in [5.41, 5.74) is 1.64. The van der Waals surface area contributed by atoms with E-state index in [9.17, 15) is 14.4 Å². The SMILES string of the molecule is CCCCc1cc(=O)oc2c(C)c(O[C@H](C)C(=O)NCCC(=O)O)ccc12. The zero-order chi connectivity index (χ0) is 20.0.